The molecule has 2 heterocycles. The van der Waals surface area contributed by atoms with E-state index in [9.17, 15) is 23.3 Å². The van der Waals surface area contributed by atoms with Gasteiger partial charge in [-0.15, -0.1) is 0 Å². The number of sulfone groups is 1. The Morgan fingerprint density at radius 2 is 1.94 bits per heavy atom. The number of anilines is 1. The fourth-order valence-electron chi connectivity index (χ4n) is 3.25. The molecule has 1 amide bonds. The third-order valence-corrected chi connectivity index (χ3v) is 6.50. The van der Waals surface area contributed by atoms with Crippen LogP contribution in [0.1, 0.15) is 21.6 Å². The van der Waals surface area contributed by atoms with Crippen molar-refractivity contribution >= 4 is 38.9 Å². The molecular formula is C19H15ClN4O6S. The molecule has 31 heavy (non-hydrogen) atoms. The van der Waals surface area contributed by atoms with Gasteiger partial charge in [0.2, 0.25) is 0 Å². The van der Waals surface area contributed by atoms with E-state index in [2.05, 4.69) is 10.4 Å². The molecule has 1 aliphatic heterocycles. The Morgan fingerprint density at radius 1 is 1.23 bits per heavy atom. The van der Waals surface area contributed by atoms with E-state index < -0.39 is 26.4 Å². The van der Waals surface area contributed by atoms with Crippen LogP contribution in [0.15, 0.2) is 42.5 Å². The number of rotatable bonds is 5. The number of fused-ring (bicyclic) bond motifs is 1. The summed E-state index contributed by atoms with van der Waals surface area (Å²) in [6.07, 6.45) is 0. The zero-order valence-corrected chi connectivity index (χ0v) is 17.6. The highest BCUT2D eigenvalue weighted by molar-refractivity contribution is 7.90. The van der Waals surface area contributed by atoms with E-state index in [0.717, 1.165) is 6.07 Å². The Kier molecular flexibility index (Phi) is 5.15. The number of nitro benzene ring substituents is 1. The van der Waals surface area contributed by atoms with Crippen LogP contribution in [0, 0.1) is 10.1 Å². The van der Waals surface area contributed by atoms with Crippen molar-refractivity contribution in [3.63, 3.8) is 0 Å². The van der Waals surface area contributed by atoms with E-state index in [1.54, 1.807) is 24.3 Å². The summed E-state index contributed by atoms with van der Waals surface area (Å²) in [5.41, 5.74) is 0.879. The minimum absolute atomic E-state index is 0.00631. The van der Waals surface area contributed by atoms with Crippen LogP contribution in [0.4, 0.5) is 11.5 Å². The van der Waals surface area contributed by atoms with Gasteiger partial charge >= 0.3 is 0 Å². The van der Waals surface area contributed by atoms with E-state index in [1.165, 1.54) is 23.9 Å². The molecule has 1 N–H and O–H groups in total. The number of nitrogens with zero attached hydrogens (tertiary/aromatic N) is 3. The van der Waals surface area contributed by atoms with Crippen LogP contribution in [-0.2, 0) is 21.3 Å². The summed E-state index contributed by atoms with van der Waals surface area (Å²) in [5, 5.41) is 18.1. The zero-order chi connectivity index (χ0) is 22.3. The molecule has 0 radical (unpaired) electrons. The molecule has 0 saturated carbocycles. The molecule has 0 fully saturated rings. The number of hydrogen-bond donors (Lipinski definition) is 1. The van der Waals surface area contributed by atoms with Gasteiger partial charge in [-0.25, -0.2) is 13.1 Å². The van der Waals surface area contributed by atoms with Gasteiger partial charge in [-0.3, -0.25) is 14.9 Å². The van der Waals surface area contributed by atoms with E-state index in [1.807, 2.05) is 0 Å². The largest absolute Gasteiger partial charge is 0.497 e. The number of benzene rings is 2. The van der Waals surface area contributed by atoms with Crippen LogP contribution in [0.5, 0.6) is 5.75 Å². The van der Waals surface area contributed by atoms with Crippen molar-refractivity contribution in [3.05, 3.63) is 74.4 Å². The number of halogens is 1. The van der Waals surface area contributed by atoms with E-state index in [0.29, 0.717) is 22.7 Å². The van der Waals surface area contributed by atoms with E-state index >= 15 is 0 Å². The highest BCUT2D eigenvalue weighted by atomic mass is 35.5. The molecule has 2 aromatic carbocycles. The molecule has 0 aliphatic carbocycles. The minimum atomic E-state index is -3.37. The van der Waals surface area contributed by atoms with Crippen molar-refractivity contribution < 1.29 is 22.9 Å². The van der Waals surface area contributed by atoms with E-state index in [4.69, 9.17) is 16.3 Å². The van der Waals surface area contributed by atoms with Crippen molar-refractivity contribution in [1.82, 2.24) is 9.78 Å². The first-order chi connectivity index (χ1) is 14.7. The average molecular weight is 463 g/mol. The van der Waals surface area contributed by atoms with Crippen molar-refractivity contribution in [2.24, 2.45) is 0 Å². The molecule has 0 spiro atoms. The number of carbonyl (C=O) groups excluding carboxylic acids is 1. The Morgan fingerprint density at radius 3 is 2.58 bits per heavy atom. The molecule has 4 rings (SSSR count). The van der Waals surface area contributed by atoms with Gasteiger partial charge in [0.15, 0.2) is 9.84 Å². The first kappa shape index (κ1) is 20.8. The molecule has 12 heteroatoms. The molecule has 0 unspecified atom stereocenters. The smallest absolute Gasteiger partial charge is 0.288 e. The maximum Gasteiger partial charge on any atom is 0.288 e. The van der Waals surface area contributed by atoms with Gasteiger partial charge in [0.05, 0.1) is 34.9 Å². The lowest BCUT2D eigenvalue weighted by Gasteiger charge is -2.12. The summed E-state index contributed by atoms with van der Waals surface area (Å²) in [6, 6.07) is 10.5. The number of aromatic nitrogens is 2. The maximum absolute atomic E-state index is 12.9. The summed E-state index contributed by atoms with van der Waals surface area (Å²) in [4.78, 5) is 23.3. The summed E-state index contributed by atoms with van der Waals surface area (Å²) >= 11 is 5.81. The van der Waals surface area contributed by atoms with Crippen molar-refractivity contribution in [2.45, 2.75) is 11.5 Å². The molecule has 0 atom stereocenters. The van der Waals surface area contributed by atoms with Crippen LogP contribution < -0.4 is 10.1 Å². The third-order valence-electron chi connectivity index (χ3n) is 4.74. The van der Waals surface area contributed by atoms with E-state index in [-0.39, 0.29) is 27.9 Å². The van der Waals surface area contributed by atoms with Gasteiger partial charge < -0.3 is 10.1 Å². The van der Waals surface area contributed by atoms with Gasteiger partial charge in [-0.2, -0.15) is 5.10 Å². The standard InChI is InChI=1S/C19H15ClN4O6S/c1-30-13-5-3-12(4-6-13)23-18(14-9-31(28,29)10-16(14)22-23)21-19(25)11-2-7-15(20)17(8-11)24(26)27/h2-8H,9-10H2,1H3,(H,21,25). The topological polar surface area (TPSA) is 133 Å². The zero-order valence-electron chi connectivity index (χ0n) is 16.0. The van der Waals surface area contributed by atoms with Crippen molar-refractivity contribution in [2.75, 3.05) is 12.4 Å². The Bertz CT molecular complexity index is 1320. The molecule has 0 saturated heterocycles. The number of methoxy groups -OCH3 is 1. The Hall–Kier alpha value is -3.44. The molecular weight excluding hydrogens is 448 g/mol. The fourth-order valence-corrected chi connectivity index (χ4v) is 4.94. The fraction of sp³-hybridized carbons (Fsp3) is 0.158. The monoisotopic (exact) mass is 462 g/mol. The average Bonchev–Trinajstić information content (AvgIpc) is 3.20. The molecule has 0 bridgehead atoms. The number of ether oxygens (including phenoxy) is 1. The third kappa shape index (κ3) is 3.97. The van der Waals surface area contributed by atoms with Gasteiger partial charge in [-0.1, -0.05) is 11.6 Å². The molecule has 160 valence electrons. The van der Waals surface area contributed by atoms with Gasteiger partial charge in [-0.05, 0) is 36.4 Å². The van der Waals surface area contributed by atoms with Crippen LogP contribution in [0.2, 0.25) is 5.02 Å². The number of hydrogen-bond acceptors (Lipinski definition) is 7. The summed E-state index contributed by atoms with van der Waals surface area (Å²) < 4.78 is 30.7. The lowest BCUT2D eigenvalue weighted by atomic mass is 10.2. The first-order valence-electron chi connectivity index (χ1n) is 8.89. The molecule has 1 aromatic heterocycles. The second kappa shape index (κ2) is 7.67. The Labute approximate surface area is 181 Å². The predicted octanol–water partition coefficient (Wildman–Crippen LogP) is 3.12. The highest BCUT2D eigenvalue weighted by Crippen LogP contribution is 2.34. The van der Waals surface area contributed by atoms with Crippen LogP contribution in [0.25, 0.3) is 5.69 Å². The predicted molar refractivity (Wildman–Crippen MR) is 113 cm³/mol. The SMILES string of the molecule is COc1ccc(-n2nc3c(c2NC(=O)c2ccc(Cl)c([N+](=O)[O-])c2)CS(=O)(=O)C3)cc1. The van der Waals surface area contributed by atoms with Crippen LogP contribution in [0.3, 0.4) is 0 Å². The number of carbonyl (C=O) groups is 1. The van der Waals surface area contributed by atoms with Gasteiger partial charge in [0.25, 0.3) is 11.6 Å². The quantitative estimate of drug-likeness (QED) is 0.454. The second-order valence-corrected chi connectivity index (χ2v) is 9.27. The van der Waals surface area contributed by atoms with Gasteiger partial charge in [0, 0.05) is 17.2 Å². The number of nitro groups is 1. The minimum Gasteiger partial charge on any atom is -0.497 e. The van der Waals surface area contributed by atoms with Crippen molar-refractivity contribution in [3.8, 4) is 11.4 Å². The second-order valence-electron chi connectivity index (χ2n) is 6.79. The highest BCUT2D eigenvalue weighted by Gasteiger charge is 2.33. The van der Waals surface area contributed by atoms with Crippen molar-refractivity contribution in [1.29, 1.82) is 0 Å². The normalized spacial score (nSPS) is 14.1. The first-order valence-corrected chi connectivity index (χ1v) is 11.1. The number of amides is 1. The summed E-state index contributed by atoms with van der Waals surface area (Å²) in [7, 11) is -1.85. The van der Waals surface area contributed by atoms with Crippen LogP contribution in [-0.4, -0.2) is 36.1 Å². The number of nitrogens with one attached hydrogen (secondary N) is 1. The van der Waals surface area contributed by atoms with Crippen LogP contribution >= 0.6 is 11.6 Å². The maximum atomic E-state index is 12.9. The van der Waals surface area contributed by atoms with Gasteiger partial charge in [0.1, 0.15) is 16.6 Å². The summed E-state index contributed by atoms with van der Waals surface area (Å²) in [6.45, 7) is 0. The Balaban J connectivity index is 1.76. The summed E-state index contributed by atoms with van der Waals surface area (Å²) in [5.74, 6) is -0.370. The molecule has 1 aliphatic rings. The molecule has 3 aromatic rings. The lowest BCUT2D eigenvalue weighted by molar-refractivity contribution is -0.384. The molecule has 10 nitrogen and oxygen atoms in total. The lowest BCUT2D eigenvalue weighted by Crippen LogP contribution is -2.17.